The van der Waals surface area contributed by atoms with Crippen molar-refractivity contribution in [3.63, 3.8) is 0 Å². The Labute approximate surface area is 220 Å². The summed E-state index contributed by atoms with van der Waals surface area (Å²) in [7, 11) is 1.38. The fourth-order valence-corrected chi connectivity index (χ4v) is 3.73. The predicted octanol–water partition coefficient (Wildman–Crippen LogP) is 5.83. The number of hydrogen-bond donors (Lipinski definition) is 2. The molecule has 0 radical (unpaired) electrons. The summed E-state index contributed by atoms with van der Waals surface area (Å²) >= 11 is 1.94. The zero-order valence-electron chi connectivity index (χ0n) is 18.8. The maximum absolute atomic E-state index is 13.0. The molecule has 37 heavy (non-hydrogen) atoms. The SMILES string of the molecule is COc1cc(/C=N\Nc2ccc(C(F)(F)F)cc2[N+](=O)[O-])cc(I)c1OCC(=O)Nc1ccc(F)cc1. The van der Waals surface area contributed by atoms with Gasteiger partial charge in [0.1, 0.15) is 11.5 Å². The molecule has 194 valence electrons. The number of hydrogen-bond acceptors (Lipinski definition) is 7. The number of nitro groups is 1. The summed E-state index contributed by atoms with van der Waals surface area (Å²) in [6.45, 7) is -0.365. The molecule has 1 amide bonds. The number of halogens is 5. The highest BCUT2D eigenvalue weighted by atomic mass is 127. The van der Waals surface area contributed by atoms with Crippen molar-refractivity contribution >= 4 is 51.8 Å². The Morgan fingerprint density at radius 1 is 1.16 bits per heavy atom. The number of nitro benzene ring substituents is 1. The number of nitrogens with zero attached hydrogens (tertiary/aromatic N) is 2. The number of ether oxygens (including phenoxy) is 2. The zero-order chi connectivity index (χ0) is 27.2. The van der Waals surface area contributed by atoms with Gasteiger partial charge in [-0.05, 0) is 76.7 Å². The van der Waals surface area contributed by atoms with E-state index in [2.05, 4.69) is 15.8 Å². The van der Waals surface area contributed by atoms with E-state index in [1.807, 2.05) is 22.6 Å². The van der Waals surface area contributed by atoms with E-state index in [0.29, 0.717) is 27.0 Å². The Morgan fingerprint density at radius 3 is 2.49 bits per heavy atom. The van der Waals surface area contributed by atoms with E-state index < -0.39 is 34.1 Å². The third-order valence-corrected chi connectivity index (χ3v) is 5.45. The average Bonchev–Trinajstić information content (AvgIpc) is 2.83. The molecule has 0 aliphatic rings. The zero-order valence-corrected chi connectivity index (χ0v) is 21.0. The van der Waals surface area contributed by atoms with Crippen LogP contribution in [0.2, 0.25) is 0 Å². The lowest BCUT2D eigenvalue weighted by Gasteiger charge is -2.13. The number of methoxy groups -OCH3 is 1. The Morgan fingerprint density at radius 2 is 1.86 bits per heavy atom. The lowest BCUT2D eigenvalue weighted by molar-refractivity contribution is -0.384. The lowest BCUT2D eigenvalue weighted by Crippen LogP contribution is -2.20. The minimum atomic E-state index is -4.73. The van der Waals surface area contributed by atoms with E-state index in [9.17, 15) is 32.5 Å². The highest BCUT2D eigenvalue weighted by Crippen LogP contribution is 2.35. The molecule has 0 aliphatic heterocycles. The van der Waals surface area contributed by atoms with Gasteiger partial charge in [0.05, 0.1) is 27.4 Å². The van der Waals surface area contributed by atoms with Crippen molar-refractivity contribution in [2.45, 2.75) is 6.18 Å². The molecule has 3 aromatic carbocycles. The van der Waals surface area contributed by atoms with Gasteiger partial charge >= 0.3 is 6.18 Å². The summed E-state index contributed by atoms with van der Waals surface area (Å²) in [4.78, 5) is 22.4. The second kappa shape index (κ2) is 11.9. The van der Waals surface area contributed by atoms with Gasteiger partial charge in [-0.1, -0.05) is 0 Å². The van der Waals surface area contributed by atoms with E-state index in [0.717, 1.165) is 6.07 Å². The lowest BCUT2D eigenvalue weighted by atomic mass is 10.1. The number of amides is 1. The van der Waals surface area contributed by atoms with Crippen molar-refractivity contribution in [3.8, 4) is 11.5 Å². The van der Waals surface area contributed by atoms with Crippen LogP contribution in [0.3, 0.4) is 0 Å². The molecule has 0 heterocycles. The summed E-state index contributed by atoms with van der Waals surface area (Å²) in [5.41, 5.74) is 1.05. The third kappa shape index (κ3) is 7.52. The molecule has 0 bridgehead atoms. The predicted molar refractivity (Wildman–Crippen MR) is 136 cm³/mol. The van der Waals surface area contributed by atoms with Crippen LogP contribution in [0.1, 0.15) is 11.1 Å². The molecule has 0 aliphatic carbocycles. The van der Waals surface area contributed by atoms with Crippen molar-refractivity contribution in [1.82, 2.24) is 0 Å². The van der Waals surface area contributed by atoms with Gasteiger partial charge in [-0.3, -0.25) is 20.3 Å². The van der Waals surface area contributed by atoms with Crippen molar-refractivity contribution in [2.24, 2.45) is 5.10 Å². The third-order valence-electron chi connectivity index (χ3n) is 4.65. The van der Waals surface area contributed by atoms with Gasteiger partial charge in [-0.25, -0.2) is 4.39 Å². The largest absolute Gasteiger partial charge is 0.493 e. The molecule has 0 spiro atoms. The van der Waals surface area contributed by atoms with Crippen molar-refractivity contribution in [2.75, 3.05) is 24.5 Å². The maximum Gasteiger partial charge on any atom is 0.416 e. The molecule has 3 rings (SSSR count). The second-order valence-electron chi connectivity index (χ2n) is 7.23. The molecule has 0 aromatic heterocycles. The van der Waals surface area contributed by atoms with E-state index in [-0.39, 0.29) is 23.8 Å². The van der Waals surface area contributed by atoms with Gasteiger partial charge in [0.25, 0.3) is 11.6 Å². The highest BCUT2D eigenvalue weighted by molar-refractivity contribution is 14.1. The normalized spacial score (nSPS) is 11.3. The molecular weight excluding hydrogens is 615 g/mol. The standard InChI is InChI=1S/C23H17F4IN4O5/c1-36-20-9-13(11-29-31-18-7-2-14(23(25,26)27)10-19(18)32(34)35)8-17(28)22(20)37-12-21(33)30-16-5-3-15(24)4-6-16/h2-11,31H,12H2,1H3,(H,30,33)/b29-11-. The highest BCUT2D eigenvalue weighted by Gasteiger charge is 2.33. The van der Waals surface area contributed by atoms with Crippen molar-refractivity contribution in [3.05, 3.63) is 85.2 Å². The molecule has 0 saturated carbocycles. The Bertz CT molecular complexity index is 1330. The molecule has 0 unspecified atom stereocenters. The topological polar surface area (TPSA) is 115 Å². The first-order valence-electron chi connectivity index (χ1n) is 10.2. The Balaban J connectivity index is 1.70. The van der Waals surface area contributed by atoms with Gasteiger partial charge in [0.2, 0.25) is 0 Å². The number of alkyl halides is 3. The number of carbonyl (C=O) groups excluding carboxylic acids is 1. The van der Waals surface area contributed by atoms with Crippen LogP contribution in [0, 0.1) is 19.5 Å². The van der Waals surface area contributed by atoms with Crippen LogP contribution < -0.4 is 20.2 Å². The van der Waals surface area contributed by atoms with E-state index >= 15 is 0 Å². The van der Waals surface area contributed by atoms with Crippen molar-refractivity contribution < 1.29 is 36.8 Å². The molecule has 9 nitrogen and oxygen atoms in total. The van der Waals surface area contributed by atoms with Crippen LogP contribution in [0.5, 0.6) is 11.5 Å². The molecular formula is C23H17F4IN4O5. The number of hydrazone groups is 1. The molecule has 0 fully saturated rings. The second-order valence-corrected chi connectivity index (χ2v) is 8.40. The van der Waals surface area contributed by atoms with Gasteiger partial charge in [0, 0.05) is 11.8 Å². The van der Waals surface area contributed by atoms with Crippen LogP contribution in [0.4, 0.5) is 34.6 Å². The Hall–Kier alpha value is -3.95. The maximum atomic E-state index is 13.0. The van der Waals surface area contributed by atoms with Gasteiger partial charge < -0.3 is 14.8 Å². The minimum Gasteiger partial charge on any atom is -0.493 e. The Kier molecular flexibility index (Phi) is 8.86. The number of benzene rings is 3. The molecule has 0 atom stereocenters. The number of carbonyl (C=O) groups is 1. The fraction of sp³-hybridized carbons (Fsp3) is 0.130. The van der Waals surface area contributed by atoms with Gasteiger partial charge in [-0.15, -0.1) is 0 Å². The van der Waals surface area contributed by atoms with E-state index in [1.165, 1.54) is 43.7 Å². The monoisotopic (exact) mass is 632 g/mol. The molecule has 2 N–H and O–H groups in total. The van der Waals surface area contributed by atoms with Crippen LogP contribution in [-0.4, -0.2) is 30.8 Å². The van der Waals surface area contributed by atoms with Crippen LogP contribution in [0.25, 0.3) is 0 Å². The van der Waals surface area contributed by atoms with Crippen LogP contribution in [0.15, 0.2) is 59.7 Å². The quantitative estimate of drug-likeness (QED) is 0.101. The smallest absolute Gasteiger partial charge is 0.416 e. The molecule has 3 aromatic rings. The first-order chi connectivity index (χ1) is 17.5. The van der Waals surface area contributed by atoms with Crippen molar-refractivity contribution in [1.29, 1.82) is 0 Å². The van der Waals surface area contributed by atoms with E-state index in [4.69, 9.17) is 9.47 Å². The summed E-state index contributed by atoms with van der Waals surface area (Å²) in [5.74, 6) is -0.410. The summed E-state index contributed by atoms with van der Waals surface area (Å²) < 4.78 is 63.0. The van der Waals surface area contributed by atoms with E-state index in [1.54, 1.807) is 6.07 Å². The average molecular weight is 632 g/mol. The molecule has 14 heteroatoms. The molecule has 0 saturated heterocycles. The first kappa shape index (κ1) is 27.6. The summed E-state index contributed by atoms with van der Waals surface area (Å²) in [6.07, 6.45) is -3.46. The van der Waals surface area contributed by atoms with Crippen LogP contribution in [-0.2, 0) is 11.0 Å². The summed E-state index contributed by atoms with van der Waals surface area (Å²) in [5, 5.41) is 17.6. The number of nitrogens with one attached hydrogen (secondary N) is 2. The van der Waals surface area contributed by atoms with Gasteiger partial charge in [-0.2, -0.15) is 18.3 Å². The number of anilines is 2. The minimum absolute atomic E-state index is 0.233. The summed E-state index contributed by atoms with van der Waals surface area (Å²) in [6, 6.07) is 10.4. The van der Waals surface area contributed by atoms with Gasteiger partial charge in [0.15, 0.2) is 18.1 Å². The van der Waals surface area contributed by atoms with Crippen LogP contribution >= 0.6 is 22.6 Å². The fourth-order valence-electron chi connectivity index (χ4n) is 2.95. The number of rotatable bonds is 9. The first-order valence-corrected chi connectivity index (χ1v) is 11.3.